The number of phenols is 1. The maximum atomic E-state index is 10.9. The van der Waals surface area contributed by atoms with Crippen molar-refractivity contribution in [2.24, 2.45) is 0 Å². The normalized spacial score (nSPS) is 12.1. The van der Waals surface area contributed by atoms with Gasteiger partial charge in [-0.3, -0.25) is 9.97 Å². The molecule has 0 radical (unpaired) electrons. The maximum Gasteiger partial charge on any atom is 0.147 e. The fourth-order valence-corrected chi connectivity index (χ4v) is 3.37. The predicted molar refractivity (Wildman–Crippen MR) is 109 cm³/mol. The second-order valence-electron chi connectivity index (χ2n) is 6.73. The van der Waals surface area contributed by atoms with E-state index < -0.39 is 0 Å². The Kier molecular flexibility index (Phi) is 4.47. The first-order valence-corrected chi connectivity index (χ1v) is 8.95. The van der Waals surface area contributed by atoms with Crippen molar-refractivity contribution in [3.8, 4) is 5.75 Å². The smallest absolute Gasteiger partial charge is 0.147 e. The molecule has 0 amide bonds. The highest BCUT2D eigenvalue weighted by atomic mass is 16.3. The van der Waals surface area contributed by atoms with Gasteiger partial charge in [-0.25, -0.2) is 0 Å². The summed E-state index contributed by atoms with van der Waals surface area (Å²) < 4.78 is 0. The van der Waals surface area contributed by atoms with Crippen LogP contribution in [0.5, 0.6) is 5.75 Å². The van der Waals surface area contributed by atoms with E-state index in [9.17, 15) is 5.11 Å². The summed E-state index contributed by atoms with van der Waals surface area (Å²) in [5.41, 5.74) is 5.55. The molecule has 0 saturated carbocycles. The fourth-order valence-electron chi connectivity index (χ4n) is 3.37. The van der Waals surface area contributed by atoms with Crippen molar-refractivity contribution in [2.75, 3.05) is 5.32 Å². The van der Waals surface area contributed by atoms with Crippen LogP contribution in [0.25, 0.3) is 10.9 Å². The number of phenolic OH excluding ortho intramolecular Hbond substituents is 1. The van der Waals surface area contributed by atoms with Crippen molar-refractivity contribution in [2.45, 2.75) is 19.9 Å². The highest BCUT2D eigenvalue weighted by molar-refractivity contribution is 5.86. The zero-order valence-corrected chi connectivity index (χ0v) is 15.3. The van der Waals surface area contributed by atoms with Crippen LogP contribution in [0.1, 0.15) is 28.4 Å². The van der Waals surface area contributed by atoms with Gasteiger partial charge in [0, 0.05) is 29.0 Å². The minimum absolute atomic E-state index is 0.181. The van der Waals surface area contributed by atoms with E-state index in [1.165, 1.54) is 5.56 Å². The summed E-state index contributed by atoms with van der Waals surface area (Å²) in [6, 6.07) is 19.5. The van der Waals surface area contributed by atoms with Crippen LogP contribution < -0.4 is 5.32 Å². The van der Waals surface area contributed by atoms with Gasteiger partial charge in [-0.15, -0.1) is 0 Å². The van der Waals surface area contributed by atoms with E-state index in [4.69, 9.17) is 0 Å². The summed E-state index contributed by atoms with van der Waals surface area (Å²) in [5.74, 6) is 0.181. The number of nitrogens with one attached hydrogen (secondary N) is 1. The predicted octanol–water partition coefficient (Wildman–Crippen LogP) is 5.15. The van der Waals surface area contributed by atoms with Crippen molar-refractivity contribution in [1.82, 2.24) is 9.97 Å². The molecule has 0 saturated heterocycles. The topological polar surface area (TPSA) is 58.0 Å². The number of pyridine rings is 2. The number of benzene rings is 2. The lowest BCUT2D eigenvalue weighted by atomic mass is 9.98. The molecule has 1 atom stereocenters. The maximum absolute atomic E-state index is 10.9. The molecule has 4 rings (SSSR count). The molecular weight excluding hydrogens is 334 g/mol. The summed E-state index contributed by atoms with van der Waals surface area (Å²) in [7, 11) is 0. The number of rotatable bonds is 4. The molecule has 0 unspecified atom stereocenters. The van der Waals surface area contributed by atoms with Crippen molar-refractivity contribution >= 4 is 16.6 Å². The number of anilines is 1. The second-order valence-corrected chi connectivity index (χ2v) is 6.73. The first-order chi connectivity index (χ1) is 13.1. The van der Waals surface area contributed by atoms with Gasteiger partial charge in [0.2, 0.25) is 0 Å². The number of aromatic hydroxyl groups is 1. The standard InChI is InChI=1S/C23H21N3O/c1-15-8-11-19(16(2)14-15)26-22(20-7-3-4-12-24-20)18-10-9-17-6-5-13-25-21(17)23(18)27/h3-14,22,26-27H,1-2H3/t22-/m0/s1. The van der Waals surface area contributed by atoms with Gasteiger partial charge in [-0.05, 0) is 43.7 Å². The number of hydrogen-bond acceptors (Lipinski definition) is 4. The molecule has 2 heterocycles. The van der Waals surface area contributed by atoms with E-state index in [0.29, 0.717) is 5.52 Å². The molecule has 0 aliphatic carbocycles. The van der Waals surface area contributed by atoms with Crippen LogP contribution >= 0.6 is 0 Å². The molecule has 4 aromatic rings. The molecule has 0 fully saturated rings. The van der Waals surface area contributed by atoms with E-state index in [-0.39, 0.29) is 11.8 Å². The van der Waals surface area contributed by atoms with E-state index in [0.717, 1.165) is 27.9 Å². The lowest BCUT2D eigenvalue weighted by Gasteiger charge is -2.23. The number of hydrogen-bond donors (Lipinski definition) is 2. The Hall–Kier alpha value is -3.40. The van der Waals surface area contributed by atoms with E-state index in [2.05, 4.69) is 47.3 Å². The largest absolute Gasteiger partial charge is 0.505 e. The van der Waals surface area contributed by atoms with Gasteiger partial charge in [0.25, 0.3) is 0 Å². The zero-order chi connectivity index (χ0) is 18.8. The third-order valence-corrected chi connectivity index (χ3v) is 4.76. The van der Waals surface area contributed by atoms with Gasteiger partial charge in [0.05, 0.1) is 11.7 Å². The lowest BCUT2D eigenvalue weighted by Crippen LogP contribution is -2.15. The number of nitrogens with zero attached hydrogens (tertiary/aromatic N) is 2. The van der Waals surface area contributed by atoms with Crippen LogP contribution in [-0.2, 0) is 0 Å². The van der Waals surface area contributed by atoms with Crippen LogP contribution in [0.15, 0.2) is 73.1 Å². The third-order valence-electron chi connectivity index (χ3n) is 4.76. The average Bonchev–Trinajstić information content (AvgIpc) is 2.69. The van der Waals surface area contributed by atoms with Crippen molar-refractivity contribution in [3.63, 3.8) is 0 Å². The van der Waals surface area contributed by atoms with Gasteiger partial charge in [-0.2, -0.15) is 0 Å². The first-order valence-electron chi connectivity index (χ1n) is 8.95. The summed E-state index contributed by atoms with van der Waals surface area (Å²) in [6.07, 6.45) is 3.46. The van der Waals surface area contributed by atoms with Crippen LogP contribution in [0.4, 0.5) is 5.69 Å². The summed E-state index contributed by atoms with van der Waals surface area (Å²) in [5, 5.41) is 15.4. The molecule has 134 valence electrons. The van der Waals surface area contributed by atoms with Gasteiger partial charge >= 0.3 is 0 Å². The SMILES string of the molecule is Cc1ccc(N[C@H](c2ccccn2)c2ccc3cccnc3c2O)c(C)c1. The molecule has 0 bridgehead atoms. The average molecular weight is 355 g/mol. The second kappa shape index (κ2) is 7.08. The van der Waals surface area contributed by atoms with Gasteiger partial charge < -0.3 is 10.4 Å². The molecule has 2 aromatic carbocycles. The molecule has 2 aromatic heterocycles. The van der Waals surface area contributed by atoms with Crippen LogP contribution in [0.3, 0.4) is 0 Å². The highest BCUT2D eigenvalue weighted by Gasteiger charge is 2.21. The van der Waals surface area contributed by atoms with E-state index in [1.54, 1.807) is 12.4 Å². The van der Waals surface area contributed by atoms with E-state index in [1.807, 2.05) is 42.5 Å². The molecule has 27 heavy (non-hydrogen) atoms. The van der Waals surface area contributed by atoms with Crippen molar-refractivity contribution in [3.05, 3.63) is 95.4 Å². The number of fused-ring (bicyclic) bond motifs is 1. The monoisotopic (exact) mass is 355 g/mol. The van der Waals surface area contributed by atoms with Crippen LogP contribution in [0.2, 0.25) is 0 Å². The fraction of sp³-hybridized carbons (Fsp3) is 0.130. The summed E-state index contributed by atoms with van der Waals surface area (Å²) >= 11 is 0. The summed E-state index contributed by atoms with van der Waals surface area (Å²) in [4.78, 5) is 8.88. The Morgan fingerprint density at radius 2 is 1.74 bits per heavy atom. The van der Waals surface area contributed by atoms with Gasteiger partial charge in [-0.1, -0.05) is 42.0 Å². The minimum Gasteiger partial charge on any atom is -0.505 e. The molecular formula is C23H21N3O. The number of aromatic nitrogens is 2. The third kappa shape index (κ3) is 3.34. The Morgan fingerprint density at radius 1 is 0.889 bits per heavy atom. The Balaban J connectivity index is 1.85. The van der Waals surface area contributed by atoms with E-state index >= 15 is 0 Å². The first kappa shape index (κ1) is 17.0. The Labute approximate surface area is 158 Å². The molecule has 2 N–H and O–H groups in total. The Morgan fingerprint density at radius 3 is 2.52 bits per heavy atom. The molecule has 4 heteroatoms. The quantitative estimate of drug-likeness (QED) is 0.531. The molecule has 4 nitrogen and oxygen atoms in total. The van der Waals surface area contributed by atoms with Crippen LogP contribution in [-0.4, -0.2) is 15.1 Å². The number of aryl methyl sites for hydroxylation is 2. The summed E-state index contributed by atoms with van der Waals surface area (Å²) in [6.45, 7) is 4.15. The van der Waals surface area contributed by atoms with Gasteiger partial charge in [0.15, 0.2) is 0 Å². The van der Waals surface area contributed by atoms with Crippen molar-refractivity contribution < 1.29 is 5.11 Å². The molecule has 0 aliphatic heterocycles. The molecule has 0 aliphatic rings. The molecule has 0 spiro atoms. The van der Waals surface area contributed by atoms with Gasteiger partial charge in [0.1, 0.15) is 11.3 Å². The minimum atomic E-state index is -0.293. The highest BCUT2D eigenvalue weighted by Crippen LogP contribution is 2.36. The van der Waals surface area contributed by atoms with Crippen molar-refractivity contribution in [1.29, 1.82) is 0 Å². The zero-order valence-electron chi connectivity index (χ0n) is 15.3. The lowest BCUT2D eigenvalue weighted by molar-refractivity contribution is 0.471. The van der Waals surface area contributed by atoms with Crippen LogP contribution in [0, 0.1) is 13.8 Å². The Bertz CT molecular complexity index is 1090.